The predicted molar refractivity (Wildman–Crippen MR) is 64.4 cm³/mol. The van der Waals surface area contributed by atoms with Crippen LogP contribution in [0.25, 0.3) is 10.8 Å². The number of hydrogen-bond donors (Lipinski definition) is 0. The van der Waals surface area contributed by atoms with Crippen molar-refractivity contribution in [3.05, 3.63) is 35.8 Å². The molecule has 1 aromatic heterocycles. The minimum atomic E-state index is 0.447. The van der Waals surface area contributed by atoms with Crippen LogP contribution < -0.4 is 0 Å². The van der Waals surface area contributed by atoms with E-state index in [-0.39, 0.29) is 0 Å². The van der Waals surface area contributed by atoms with Crippen LogP contribution in [0.1, 0.15) is 50.9 Å². The molecular weight excluding hydrogens is 184 g/mol. The van der Waals surface area contributed by atoms with E-state index in [0.717, 1.165) is 5.76 Å². The summed E-state index contributed by atoms with van der Waals surface area (Å²) in [6.07, 6.45) is 1.87. The zero-order valence-corrected chi connectivity index (χ0v) is 9.87. The molecule has 0 atom stereocenters. The molecule has 0 bridgehead atoms. The smallest absolute Gasteiger partial charge is 0.114 e. The van der Waals surface area contributed by atoms with Crippen molar-refractivity contribution in [2.24, 2.45) is 0 Å². The van der Waals surface area contributed by atoms with Crippen LogP contribution in [0.4, 0.5) is 0 Å². The zero-order valence-electron chi connectivity index (χ0n) is 9.87. The fourth-order valence-corrected chi connectivity index (χ4v) is 2.06. The van der Waals surface area contributed by atoms with Crippen LogP contribution in [0.2, 0.25) is 0 Å². The van der Waals surface area contributed by atoms with Crippen LogP contribution in [-0.2, 0) is 0 Å². The highest BCUT2D eigenvalue weighted by Gasteiger charge is 2.14. The lowest BCUT2D eigenvalue weighted by Crippen LogP contribution is -1.92. The van der Waals surface area contributed by atoms with E-state index in [9.17, 15) is 0 Å². The number of benzene rings is 1. The summed E-state index contributed by atoms with van der Waals surface area (Å²) >= 11 is 0. The molecule has 0 fully saturated rings. The van der Waals surface area contributed by atoms with Crippen molar-refractivity contribution in [2.75, 3.05) is 0 Å². The molecule has 0 unspecified atom stereocenters. The first-order valence-electron chi connectivity index (χ1n) is 5.61. The summed E-state index contributed by atoms with van der Waals surface area (Å²) in [5.74, 6) is 2.11. The van der Waals surface area contributed by atoms with E-state index in [4.69, 9.17) is 4.42 Å². The molecule has 1 aromatic carbocycles. The average molecular weight is 202 g/mol. The summed E-state index contributed by atoms with van der Waals surface area (Å²) < 4.78 is 5.67. The molecule has 1 nitrogen and oxygen atoms in total. The quantitative estimate of drug-likeness (QED) is 0.689. The predicted octanol–water partition coefficient (Wildman–Crippen LogP) is 4.68. The third kappa shape index (κ3) is 1.67. The second-order valence-corrected chi connectivity index (χ2v) is 4.72. The van der Waals surface area contributed by atoms with Crippen molar-refractivity contribution in [3.63, 3.8) is 0 Å². The molecule has 0 N–H and O–H groups in total. The van der Waals surface area contributed by atoms with Crippen LogP contribution in [0, 0.1) is 0 Å². The molecule has 1 heterocycles. The molecule has 2 aromatic rings. The van der Waals surface area contributed by atoms with Gasteiger partial charge in [-0.2, -0.15) is 0 Å². The molecule has 0 spiro atoms. The fourth-order valence-electron chi connectivity index (χ4n) is 2.06. The topological polar surface area (TPSA) is 13.1 Å². The monoisotopic (exact) mass is 202 g/mol. The van der Waals surface area contributed by atoms with Crippen molar-refractivity contribution in [1.29, 1.82) is 0 Å². The first kappa shape index (κ1) is 10.3. The van der Waals surface area contributed by atoms with Crippen molar-refractivity contribution in [3.8, 4) is 0 Å². The van der Waals surface area contributed by atoms with Crippen LogP contribution in [-0.4, -0.2) is 0 Å². The molecule has 2 rings (SSSR count). The molecule has 0 amide bonds. The molecule has 0 saturated heterocycles. The zero-order chi connectivity index (χ0) is 11.0. The Labute approximate surface area is 91.1 Å². The van der Waals surface area contributed by atoms with Gasteiger partial charge in [0.1, 0.15) is 5.76 Å². The lowest BCUT2D eigenvalue weighted by atomic mass is 9.94. The lowest BCUT2D eigenvalue weighted by Gasteiger charge is -2.09. The minimum absolute atomic E-state index is 0.447. The number of rotatable bonds is 2. The van der Waals surface area contributed by atoms with Gasteiger partial charge >= 0.3 is 0 Å². The Balaban J connectivity index is 2.75. The first-order chi connectivity index (χ1) is 7.11. The third-order valence-corrected chi connectivity index (χ3v) is 2.83. The lowest BCUT2D eigenvalue weighted by molar-refractivity contribution is 0.492. The average Bonchev–Trinajstić information content (AvgIpc) is 2.60. The molecule has 0 saturated carbocycles. The normalized spacial score (nSPS) is 11.9. The van der Waals surface area contributed by atoms with E-state index in [1.807, 2.05) is 6.26 Å². The standard InChI is InChI=1S/C14H18O/c1-9(2)12-7-5-6-11-8-15-14(10(3)4)13(11)12/h5-10H,1-4H3. The Kier molecular flexibility index (Phi) is 2.56. The van der Waals surface area contributed by atoms with E-state index < -0.39 is 0 Å². The molecule has 0 radical (unpaired) electrons. The van der Waals surface area contributed by atoms with Gasteiger partial charge in [-0.25, -0.2) is 0 Å². The van der Waals surface area contributed by atoms with Gasteiger partial charge < -0.3 is 4.42 Å². The van der Waals surface area contributed by atoms with Crippen LogP contribution in [0.15, 0.2) is 28.9 Å². The Morgan fingerprint density at radius 2 is 1.73 bits per heavy atom. The summed E-state index contributed by atoms with van der Waals surface area (Å²) in [5, 5.41) is 2.55. The summed E-state index contributed by atoms with van der Waals surface area (Å²) in [6, 6.07) is 6.43. The number of fused-ring (bicyclic) bond motifs is 1. The van der Waals surface area contributed by atoms with Crippen molar-refractivity contribution < 1.29 is 4.42 Å². The number of hydrogen-bond acceptors (Lipinski definition) is 1. The molecule has 0 aliphatic heterocycles. The largest absolute Gasteiger partial charge is 0.468 e. The number of furan rings is 1. The van der Waals surface area contributed by atoms with Crippen molar-refractivity contribution in [2.45, 2.75) is 39.5 Å². The van der Waals surface area contributed by atoms with Gasteiger partial charge in [0.05, 0.1) is 6.26 Å². The summed E-state index contributed by atoms with van der Waals surface area (Å²) in [4.78, 5) is 0. The van der Waals surface area contributed by atoms with E-state index >= 15 is 0 Å². The van der Waals surface area contributed by atoms with Gasteiger partial charge in [0.25, 0.3) is 0 Å². The summed E-state index contributed by atoms with van der Waals surface area (Å²) in [6.45, 7) is 8.81. The Hall–Kier alpha value is -1.24. The highest BCUT2D eigenvalue weighted by molar-refractivity contribution is 5.88. The van der Waals surface area contributed by atoms with E-state index in [1.165, 1.54) is 16.3 Å². The van der Waals surface area contributed by atoms with Crippen molar-refractivity contribution in [1.82, 2.24) is 0 Å². The molecule has 1 heteroatoms. The summed E-state index contributed by atoms with van der Waals surface area (Å²) in [7, 11) is 0. The Morgan fingerprint density at radius 1 is 1.00 bits per heavy atom. The fraction of sp³-hybridized carbons (Fsp3) is 0.429. The van der Waals surface area contributed by atoms with Gasteiger partial charge in [-0.3, -0.25) is 0 Å². The van der Waals surface area contributed by atoms with Gasteiger partial charge in [-0.15, -0.1) is 0 Å². The maximum atomic E-state index is 5.67. The molecule has 0 aliphatic carbocycles. The van der Waals surface area contributed by atoms with Crippen LogP contribution in [0.5, 0.6) is 0 Å². The summed E-state index contributed by atoms with van der Waals surface area (Å²) in [5.41, 5.74) is 1.39. The second kappa shape index (κ2) is 3.73. The second-order valence-electron chi connectivity index (χ2n) is 4.72. The van der Waals surface area contributed by atoms with Crippen LogP contribution in [0.3, 0.4) is 0 Å². The van der Waals surface area contributed by atoms with Gasteiger partial charge in [-0.05, 0) is 11.5 Å². The van der Waals surface area contributed by atoms with E-state index in [0.29, 0.717) is 11.8 Å². The van der Waals surface area contributed by atoms with Crippen molar-refractivity contribution >= 4 is 10.8 Å². The van der Waals surface area contributed by atoms with E-state index in [2.05, 4.69) is 45.9 Å². The first-order valence-corrected chi connectivity index (χ1v) is 5.61. The molecular formula is C14H18O. The van der Waals surface area contributed by atoms with Gasteiger partial charge in [0.2, 0.25) is 0 Å². The highest BCUT2D eigenvalue weighted by atomic mass is 16.3. The molecule has 80 valence electrons. The maximum absolute atomic E-state index is 5.67. The molecule has 0 aliphatic rings. The SMILES string of the molecule is CC(C)c1cccc2coc(C(C)C)c12. The Morgan fingerprint density at radius 3 is 2.33 bits per heavy atom. The van der Waals surface area contributed by atoms with Crippen LogP contribution >= 0.6 is 0 Å². The molecule has 15 heavy (non-hydrogen) atoms. The van der Waals surface area contributed by atoms with Gasteiger partial charge in [0.15, 0.2) is 0 Å². The Bertz CT molecular complexity index is 463. The minimum Gasteiger partial charge on any atom is -0.468 e. The third-order valence-electron chi connectivity index (χ3n) is 2.83. The van der Waals surface area contributed by atoms with Gasteiger partial charge in [-0.1, -0.05) is 45.9 Å². The highest BCUT2D eigenvalue weighted by Crippen LogP contribution is 2.33. The maximum Gasteiger partial charge on any atom is 0.114 e. The van der Waals surface area contributed by atoms with E-state index in [1.54, 1.807) is 0 Å². The van der Waals surface area contributed by atoms with Gasteiger partial charge in [0, 0.05) is 16.7 Å².